The van der Waals surface area contributed by atoms with Crippen LogP contribution in [0.25, 0.3) is 0 Å². The molecule has 2 N–H and O–H groups in total. The smallest absolute Gasteiger partial charge is 0.257 e. The number of benzene rings is 2. The van der Waals surface area contributed by atoms with Crippen molar-refractivity contribution in [1.82, 2.24) is 9.97 Å². The van der Waals surface area contributed by atoms with Gasteiger partial charge in [-0.15, -0.1) is 0 Å². The highest BCUT2D eigenvalue weighted by Gasteiger charge is 2.42. The van der Waals surface area contributed by atoms with E-state index in [9.17, 15) is 9.59 Å². The van der Waals surface area contributed by atoms with Gasteiger partial charge in [0, 0.05) is 29.4 Å². The van der Waals surface area contributed by atoms with Crippen molar-refractivity contribution in [2.45, 2.75) is 50.4 Å². The monoisotopic (exact) mass is 487 g/mol. The Morgan fingerprint density at radius 1 is 1.06 bits per heavy atom. The number of nitrogens with zero attached hydrogens (tertiary/aromatic N) is 1. The molecule has 2 aromatic carbocycles. The number of hydrogen-bond donors (Lipinski definition) is 2. The Balaban J connectivity index is 1.57. The molecular formula is C28H29N3O3S. The van der Waals surface area contributed by atoms with E-state index in [1.54, 1.807) is 0 Å². The summed E-state index contributed by atoms with van der Waals surface area (Å²) in [7, 11) is 0. The second-order valence-electron chi connectivity index (χ2n) is 9.80. The maximum absolute atomic E-state index is 13.5. The molecule has 6 nitrogen and oxygen atoms in total. The van der Waals surface area contributed by atoms with E-state index in [1.807, 2.05) is 49.4 Å². The Labute approximate surface area is 209 Å². The third-order valence-electron chi connectivity index (χ3n) is 6.44. The van der Waals surface area contributed by atoms with Crippen molar-refractivity contribution in [2.24, 2.45) is 5.41 Å². The van der Waals surface area contributed by atoms with Crippen molar-refractivity contribution in [3.63, 3.8) is 0 Å². The Kier molecular flexibility index (Phi) is 6.28. The number of carbonyl (C=O) groups is 1. The number of thioether (sulfide) groups is 1. The molecule has 0 radical (unpaired) electrons. The van der Waals surface area contributed by atoms with Gasteiger partial charge in [0.1, 0.15) is 11.6 Å². The van der Waals surface area contributed by atoms with Crippen LogP contribution >= 0.6 is 11.8 Å². The maximum Gasteiger partial charge on any atom is 0.257 e. The van der Waals surface area contributed by atoms with Gasteiger partial charge in [-0.25, -0.2) is 4.98 Å². The predicted molar refractivity (Wildman–Crippen MR) is 139 cm³/mol. The zero-order chi connectivity index (χ0) is 24.6. The molecular weight excluding hydrogens is 458 g/mol. The molecule has 0 amide bonds. The van der Waals surface area contributed by atoms with Crippen LogP contribution < -0.4 is 15.6 Å². The van der Waals surface area contributed by atoms with Crippen LogP contribution in [0.5, 0.6) is 5.75 Å². The molecule has 5 rings (SSSR count). The van der Waals surface area contributed by atoms with Gasteiger partial charge in [-0.3, -0.25) is 9.59 Å². The second-order valence-corrected chi connectivity index (χ2v) is 10.8. The molecule has 2 aliphatic rings. The Bertz CT molecular complexity index is 1340. The quantitative estimate of drug-likeness (QED) is 0.345. The molecule has 1 aromatic heterocycles. The fraction of sp³-hybridized carbons (Fsp3) is 0.321. The Morgan fingerprint density at radius 3 is 2.51 bits per heavy atom. The Hall–Kier alpha value is -3.32. The van der Waals surface area contributed by atoms with Gasteiger partial charge < -0.3 is 15.0 Å². The summed E-state index contributed by atoms with van der Waals surface area (Å²) in [6, 6.07) is 17.8. The highest BCUT2D eigenvalue weighted by atomic mass is 32.2. The summed E-state index contributed by atoms with van der Waals surface area (Å²) in [6.07, 6.45) is 1.18. The molecule has 2 heterocycles. The van der Waals surface area contributed by atoms with Crippen molar-refractivity contribution in [1.29, 1.82) is 0 Å². The molecule has 3 aromatic rings. The van der Waals surface area contributed by atoms with Crippen molar-refractivity contribution < 1.29 is 9.53 Å². The summed E-state index contributed by atoms with van der Waals surface area (Å²) in [4.78, 5) is 34.6. The van der Waals surface area contributed by atoms with Gasteiger partial charge in [0.05, 0.1) is 12.2 Å². The second kappa shape index (κ2) is 9.38. The zero-order valence-electron chi connectivity index (χ0n) is 20.2. The van der Waals surface area contributed by atoms with E-state index in [0.717, 1.165) is 29.0 Å². The highest BCUT2D eigenvalue weighted by molar-refractivity contribution is 7.98. The molecule has 7 heteroatoms. The minimum Gasteiger partial charge on any atom is -0.494 e. The number of H-pyrrole nitrogens is 1. The summed E-state index contributed by atoms with van der Waals surface area (Å²) >= 11 is 1.49. The largest absolute Gasteiger partial charge is 0.494 e. The lowest BCUT2D eigenvalue weighted by Crippen LogP contribution is -2.37. The number of anilines is 1. The number of fused-ring (bicyclic) bond motifs is 1. The SMILES string of the molecule is CCOc1ccc([C@@H]2C3=C(CC(C)(C)CC3=O)Nc3nc(SCc4ccccc4)[nH]c(=O)c32)cc1. The summed E-state index contributed by atoms with van der Waals surface area (Å²) in [5.41, 5.74) is 3.70. The normalized spacial score (nSPS) is 18.5. The van der Waals surface area contributed by atoms with Crippen LogP contribution in [-0.2, 0) is 10.5 Å². The minimum absolute atomic E-state index is 0.0789. The molecule has 1 aliphatic carbocycles. The Morgan fingerprint density at radius 2 is 1.80 bits per heavy atom. The van der Waals surface area contributed by atoms with E-state index >= 15 is 0 Å². The van der Waals surface area contributed by atoms with Gasteiger partial charge in [0.2, 0.25) is 0 Å². The lowest BCUT2D eigenvalue weighted by atomic mass is 9.69. The highest BCUT2D eigenvalue weighted by Crippen LogP contribution is 2.47. The number of ketones is 1. The fourth-order valence-corrected chi connectivity index (χ4v) is 5.76. The van der Waals surface area contributed by atoms with Crippen LogP contribution in [-0.4, -0.2) is 22.4 Å². The molecule has 1 aliphatic heterocycles. The number of ether oxygens (including phenoxy) is 1. The molecule has 1 atom stereocenters. The third kappa shape index (κ3) is 4.78. The van der Waals surface area contributed by atoms with Crippen LogP contribution in [0.4, 0.5) is 5.82 Å². The average Bonchev–Trinajstić information content (AvgIpc) is 2.82. The number of hydrogen-bond acceptors (Lipinski definition) is 6. The van der Waals surface area contributed by atoms with Crippen LogP contribution in [0.1, 0.15) is 56.2 Å². The van der Waals surface area contributed by atoms with Crippen LogP contribution in [0, 0.1) is 5.41 Å². The van der Waals surface area contributed by atoms with Gasteiger partial charge in [0.25, 0.3) is 5.56 Å². The molecule has 0 saturated heterocycles. The van der Waals surface area contributed by atoms with E-state index in [1.165, 1.54) is 11.8 Å². The van der Waals surface area contributed by atoms with Crippen molar-refractivity contribution in [2.75, 3.05) is 11.9 Å². The topological polar surface area (TPSA) is 84.1 Å². The first-order valence-electron chi connectivity index (χ1n) is 11.9. The first-order chi connectivity index (χ1) is 16.8. The third-order valence-corrected chi connectivity index (χ3v) is 7.39. The molecule has 0 saturated carbocycles. The van der Waals surface area contributed by atoms with Gasteiger partial charge in [-0.1, -0.05) is 68.1 Å². The number of nitrogens with one attached hydrogen (secondary N) is 2. The molecule has 0 spiro atoms. The molecule has 0 fully saturated rings. The molecule has 180 valence electrons. The maximum atomic E-state index is 13.5. The predicted octanol–water partition coefficient (Wildman–Crippen LogP) is 5.66. The first-order valence-corrected chi connectivity index (χ1v) is 12.9. The van der Waals surface area contributed by atoms with Gasteiger partial charge in [-0.05, 0) is 42.0 Å². The molecule has 0 bridgehead atoms. The summed E-state index contributed by atoms with van der Waals surface area (Å²) in [5.74, 6) is 1.60. The van der Waals surface area contributed by atoms with Gasteiger partial charge in [-0.2, -0.15) is 0 Å². The van der Waals surface area contributed by atoms with E-state index in [4.69, 9.17) is 9.72 Å². The van der Waals surface area contributed by atoms with Crippen molar-refractivity contribution in [3.8, 4) is 5.75 Å². The minimum atomic E-state index is -0.468. The zero-order valence-corrected chi connectivity index (χ0v) is 21.0. The van der Waals surface area contributed by atoms with Crippen LogP contribution in [0.15, 0.2) is 75.8 Å². The standard InChI is InChI=1S/C28H29N3O3S/c1-4-34-19-12-10-18(11-13-19)22-23-20(14-28(2,3)15-21(23)32)29-25-24(22)26(33)31-27(30-25)35-16-17-8-6-5-7-9-17/h5-13,22H,4,14-16H2,1-3H3,(H2,29,30,31,33)/t22-/m1/s1. The number of rotatable bonds is 6. The van der Waals surface area contributed by atoms with Crippen LogP contribution in [0.2, 0.25) is 0 Å². The molecule has 0 unspecified atom stereocenters. The average molecular weight is 488 g/mol. The number of carbonyl (C=O) groups excluding carboxylic acids is 1. The van der Waals surface area contributed by atoms with Crippen molar-refractivity contribution >= 4 is 23.4 Å². The number of Topliss-reactive ketones (excluding diaryl/α,β-unsaturated/α-hetero) is 1. The lowest BCUT2D eigenvalue weighted by Gasteiger charge is -2.38. The summed E-state index contributed by atoms with van der Waals surface area (Å²) < 4.78 is 5.60. The number of allylic oxidation sites excluding steroid dienone is 2. The number of aromatic amines is 1. The fourth-order valence-electron chi connectivity index (χ4n) is 4.94. The number of aromatic nitrogens is 2. The van der Waals surface area contributed by atoms with Gasteiger partial charge in [0.15, 0.2) is 10.9 Å². The summed E-state index contributed by atoms with van der Waals surface area (Å²) in [6.45, 7) is 6.72. The first kappa shape index (κ1) is 23.4. The van der Waals surface area contributed by atoms with E-state index in [-0.39, 0.29) is 16.8 Å². The van der Waals surface area contributed by atoms with Crippen LogP contribution in [0.3, 0.4) is 0 Å². The van der Waals surface area contributed by atoms with Crippen molar-refractivity contribution in [3.05, 3.63) is 92.9 Å². The lowest BCUT2D eigenvalue weighted by molar-refractivity contribution is -0.118. The molecule has 35 heavy (non-hydrogen) atoms. The summed E-state index contributed by atoms with van der Waals surface area (Å²) in [5, 5.41) is 3.94. The van der Waals surface area contributed by atoms with E-state index in [0.29, 0.717) is 40.9 Å². The van der Waals surface area contributed by atoms with E-state index in [2.05, 4.69) is 36.3 Å². The van der Waals surface area contributed by atoms with E-state index < -0.39 is 5.92 Å². The van der Waals surface area contributed by atoms with Gasteiger partial charge >= 0.3 is 0 Å².